The first-order valence-electron chi connectivity index (χ1n) is 11.1. The van der Waals surface area contributed by atoms with Crippen molar-refractivity contribution in [2.24, 2.45) is 5.10 Å². The van der Waals surface area contributed by atoms with Gasteiger partial charge in [-0.3, -0.25) is 14.5 Å². The van der Waals surface area contributed by atoms with Gasteiger partial charge >= 0.3 is 0 Å². The van der Waals surface area contributed by atoms with E-state index in [-0.39, 0.29) is 23.8 Å². The molecule has 0 atom stereocenters. The molecule has 0 radical (unpaired) electrons. The molecule has 0 aliphatic carbocycles. The molecule has 0 bridgehead atoms. The van der Waals surface area contributed by atoms with E-state index in [9.17, 15) is 27.6 Å². The van der Waals surface area contributed by atoms with Crippen LogP contribution in [0.15, 0.2) is 62.9 Å². The molecule has 0 saturated heterocycles. The zero-order chi connectivity index (χ0) is 28.1. The van der Waals surface area contributed by atoms with E-state index in [2.05, 4.69) is 41.5 Å². The number of anilines is 1. The van der Waals surface area contributed by atoms with Gasteiger partial charge < -0.3 is 4.74 Å². The van der Waals surface area contributed by atoms with Crippen molar-refractivity contribution in [3.05, 3.63) is 91.4 Å². The molecular weight excluding hydrogens is 586 g/mol. The molecule has 200 valence electrons. The Balaban J connectivity index is 1.61. The zero-order valence-corrected chi connectivity index (χ0v) is 21.6. The molecule has 0 spiro atoms. The number of rotatable bonds is 9. The standard InChI is InChI=1S/C25H18BrF4N7O2/c1-39-17-8-7-13(9-15(17)12-37-21(23(29)30)18(26)20(36-37)22(27)28)11-32-35-25-33-19(14-5-3-2-4-6-14)16(10-31)24(38)34-25/h2-9,11,22-23H,12H2,1H3,(H2,33,34,35,38). The number of aromatic amines is 1. The van der Waals surface area contributed by atoms with Gasteiger partial charge in [-0.2, -0.15) is 15.5 Å². The van der Waals surface area contributed by atoms with Crippen molar-refractivity contribution in [3.8, 4) is 23.1 Å². The SMILES string of the molecule is COc1ccc(C=NNc2nc(-c3ccccc3)c(C#N)c(=O)[nH]2)cc1Cn1nc(C(F)F)c(Br)c1C(F)F. The van der Waals surface area contributed by atoms with Gasteiger partial charge in [0.25, 0.3) is 18.4 Å². The number of hydrazone groups is 1. The molecule has 0 saturated carbocycles. The quantitative estimate of drug-likeness (QED) is 0.145. The fourth-order valence-corrected chi connectivity index (χ4v) is 4.34. The average molecular weight is 604 g/mol. The predicted octanol–water partition coefficient (Wildman–Crippen LogP) is 5.65. The summed E-state index contributed by atoms with van der Waals surface area (Å²) in [6.07, 6.45) is -4.74. The normalized spacial score (nSPS) is 11.4. The van der Waals surface area contributed by atoms with Crippen LogP contribution >= 0.6 is 15.9 Å². The Labute approximate surface area is 226 Å². The van der Waals surface area contributed by atoms with E-state index in [1.165, 1.54) is 13.3 Å². The summed E-state index contributed by atoms with van der Waals surface area (Å²) in [5.74, 6) is 0.293. The van der Waals surface area contributed by atoms with Crippen molar-refractivity contribution in [2.45, 2.75) is 19.4 Å². The van der Waals surface area contributed by atoms with E-state index in [1.54, 1.807) is 48.5 Å². The Morgan fingerprint density at radius 2 is 1.95 bits per heavy atom. The number of methoxy groups -OCH3 is 1. The highest BCUT2D eigenvalue weighted by Gasteiger charge is 2.28. The van der Waals surface area contributed by atoms with Crippen LogP contribution in [0.3, 0.4) is 0 Å². The number of H-pyrrole nitrogens is 1. The molecule has 2 N–H and O–H groups in total. The van der Waals surface area contributed by atoms with Crippen molar-refractivity contribution in [2.75, 3.05) is 12.5 Å². The van der Waals surface area contributed by atoms with Gasteiger partial charge in [0.1, 0.15) is 28.8 Å². The second-order valence-corrected chi connectivity index (χ2v) is 8.69. The van der Waals surface area contributed by atoms with Crippen LogP contribution in [0.2, 0.25) is 0 Å². The van der Waals surface area contributed by atoms with Crippen molar-refractivity contribution >= 4 is 28.1 Å². The first kappa shape index (κ1) is 27.5. The van der Waals surface area contributed by atoms with Gasteiger partial charge in [-0.15, -0.1) is 0 Å². The zero-order valence-electron chi connectivity index (χ0n) is 20.0. The van der Waals surface area contributed by atoms with Crippen LogP contribution in [0, 0.1) is 11.3 Å². The number of benzene rings is 2. The molecule has 0 fully saturated rings. The van der Waals surface area contributed by atoms with Gasteiger partial charge in [0, 0.05) is 11.1 Å². The molecule has 14 heteroatoms. The lowest BCUT2D eigenvalue weighted by molar-refractivity contribution is 0.139. The van der Waals surface area contributed by atoms with Crippen molar-refractivity contribution < 1.29 is 22.3 Å². The highest BCUT2D eigenvalue weighted by molar-refractivity contribution is 9.10. The van der Waals surface area contributed by atoms with Gasteiger partial charge in [0.2, 0.25) is 5.95 Å². The molecule has 2 aromatic carbocycles. The molecule has 0 aliphatic rings. The molecule has 39 heavy (non-hydrogen) atoms. The minimum Gasteiger partial charge on any atom is -0.496 e. The highest BCUT2D eigenvalue weighted by atomic mass is 79.9. The van der Waals surface area contributed by atoms with Crippen LogP contribution in [0.4, 0.5) is 23.5 Å². The summed E-state index contributed by atoms with van der Waals surface area (Å²) in [6.45, 7) is -0.284. The maximum absolute atomic E-state index is 13.6. The minimum atomic E-state index is -3.05. The maximum Gasteiger partial charge on any atom is 0.283 e. The lowest BCUT2D eigenvalue weighted by Crippen LogP contribution is -2.16. The minimum absolute atomic E-state index is 0.0228. The third-order valence-electron chi connectivity index (χ3n) is 5.46. The van der Waals surface area contributed by atoms with Gasteiger partial charge in [0.05, 0.1) is 30.0 Å². The molecular formula is C25H18BrF4N7O2. The fourth-order valence-electron chi connectivity index (χ4n) is 3.71. The Kier molecular flexibility index (Phi) is 8.40. The molecule has 2 aromatic heterocycles. The number of nitrogens with zero attached hydrogens (tertiary/aromatic N) is 5. The van der Waals surface area contributed by atoms with Gasteiger partial charge in [-0.25, -0.2) is 28.0 Å². The molecule has 4 rings (SSSR count). The molecule has 0 aliphatic heterocycles. The Hall–Kier alpha value is -4.51. The van der Waals surface area contributed by atoms with Crippen LogP contribution in [0.5, 0.6) is 5.75 Å². The number of alkyl halides is 4. The van der Waals surface area contributed by atoms with Gasteiger partial charge in [-0.05, 0) is 39.7 Å². The summed E-state index contributed by atoms with van der Waals surface area (Å²) in [4.78, 5) is 19.1. The van der Waals surface area contributed by atoms with Crippen LogP contribution in [-0.4, -0.2) is 33.1 Å². The van der Waals surface area contributed by atoms with E-state index in [0.29, 0.717) is 22.4 Å². The maximum atomic E-state index is 13.6. The van der Waals surface area contributed by atoms with E-state index in [1.807, 2.05) is 6.07 Å². The van der Waals surface area contributed by atoms with E-state index >= 15 is 0 Å². The molecule has 4 aromatic rings. The topological polar surface area (TPSA) is 121 Å². The third kappa shape index (κ3) is 5.99. The van der Waals surface area contributed by atoms with Crippen molar-refractivity contribution in [1.82, 2.24) is 19.7 Å². The molecule has 0 unspecified atom stereocenters. The highest BCUT2D eigenvalue weighted by Crippen LogP contribution is 2.36. The van der Waals surface area contributed by atoms with Crippen LogP contribution in [0.1, 0.15) is 40.9 Å². The molecule has 9 nitrogen and oxygen atoms in total. The monoisotopic (exact) mass is 603 g/mol. The lowest BCUT2D eigenvalue weighted by Gasteiger charge is -2.12. The second kappa shape index (κ2) is 11.9. The van der Waals surface area contributed by atoms with Gasteiger partial charge in [-0.1, -0.05) is 30.3 Å². The Morgan fingerprint density at radius 3 is 2.59 bits per heavy atom. The second-order valence-electron chi connectivity index (χ2n) is 7.90. The van der Waals surface area contributed by atoms with E-state index in [0.717, 1.165) is 4.68 Å². The van der Waals surface area contributed by atoms with Crippen LogP contribution in [-0.2, 0) is 6.54 Å². The molecule has 2 heterocycles. The number of hydrogen-bond donors (Lipinski definition) is 2. The number of aromatic nitrogens is 4. The first-order valence-corrected chi connectivity index (χ1v) is 11.9. The van der Waals surface area contributed by atoms with Gasteiger partial charge in [0.15, 0.2) is 0 Å². The third-order valence-corrected chi connectivity index (χ3v) is 6.27. The lowest BCUT2D eigenvalue weighted by atomic mass is 10.1. The summed E-state index contributed by atoms with van der Waals surface area (Å²) < 4.78 is 59.4. The fraction of sp³-hybridized carbons (Fsp3) is 0.160. The summed E-state index contributed by atoms with van der Waals surface area (Å²) in [5, 5.41) is 17.1. The summed E-state index contributed by atoms with van der Waals surface area (Å²) in [7, 11) is 1.38. The number of nitrogens with one attached hydrogen (secondary N) is 2. The largest absolute Gasteiger partial charge is 0.496 e. The smallest absolute Gasteiger partial charge is 0.283 e. The van der Waals surface area contributed by atoms with E-state index in [4.69, 9.17) is 4.74 Å². The summed E-state index contributed by atoms with van der Waals surface area (Å²) >= 11 is 2.80. The number of hydrogen-bond acceptors (Lipinski definition) is 7. The number of nitriles is 1. The average Bonchev–Trinajstić information content (AvgIpc) is 3.25. The first-order chi connectivity index (χ1) is 18.7. The summed E-state index contributed by atoms with van der Waals surface area (Å²) in [6, 6.07) is 15.3. The van der Waals surface area contributed by atoms with E-state index < -0.39 is 34.3 Å². The van der Waals surface area contributed by atoms with Crippen molar-refractivity contribution in [3.63, 3.8) is 0 Å². The number of halogens is 5. The predicted molar refractivity (Wildman–Crippen MR) is 138 cm³/mol. The van der Waals surface area contributed by atoms with Crippen molar-refractivity contribution in [1.29, 1.82) is 5.26 Å². The van der Waals surface area contributed by atoms with Crippen LogP contribution < -0.4 is 15.7 Å². The van der Waals surface area contributed by atoms with Crippen LogP contribution in [0.25, 0.3) is 11.3 Å². The number of ether oxygens (including phenoxy) is 1. The Bertz CT molecular complexity index is 1620. The Morgan fingerprint density at radius 1 is 1.21 bits per heavy atom. The molecule has 0 amide bonds. The summed E-state index contributed by atoms with van der Waals surface area (Å²) in [5.41, 5.74) is 1.91.